The Balaban J connectivity index is 1.77. The molecule has 0 bridgehead atoms. The molecule has 4 nitrogen and oxygen atoms in total. The van der Waals surface area contributed by atoms with Gasteiger partial charge in [-0.25, -0.2) is 4.98 Å². The lowest BCUT2D eigenvalue weighted by molar-refractivity contribution is -0.104. The van der Waals surface area contributed by atoms with Crippen LogP contribution in [0.15, 0.2) is 65.1 Å². The highest BCUT2D eigenvalue weighted by molar-refractivity contribution is 5.75. The van der Waals surface area contributed by atoms with E-state index in [-0.39, 0.29) is 0 Å². The molecule has 0 saturated carbocycles. The monoisotopic (exact) mass is 319 g/mol. The van der Waals surface area contributed by atoms with Crippen LogP contribution in [0, 0.1) is 6.92 Å². The van der Waals surface area contributed by atoms with E-state index in [1.54, 1.807) is 6.08 Å². The number of aldehydes is 1. The van der Waals surface area contributed by atoms with Gasteiger partial charge in [-0.1, -0.05) is 36.4 Å². The van der Waals surface area contributed by atoms with Crippen molar-refractivity contribution in [2.75, 3.05) is 0 Å². The summed E-state index contributed by atoms with van der Waals surface area (Å²) in [7, 11) is 0. The van der Waals surface area contributed by atoms with Crippen LogP contribution in [-0.4, -0.2) is 11.3 Å². The third kappa shape index (κ3) is 3.60. The zero-order valence-corrected chi connectivity index (χ0v) is 13.3. The Morgan fingerprint density at radius 1 is 1.08 bits per heavy atom. The van der Waals surface area contributed by atoms with Gasteiger partial charge < -0.3 is 9.15 Å². The van der Waals surface area contributed by atoms with Gasteiger partial charge in [0.2, 0.25) is 5.89 Å². The summed E-state index contributed by atoms with van der Waals surface area (Å²) in [6.07, 6.45) is 3.90. The summed E-state index contributed by atoms with van der Waals surface area (Å²) in [6.45, 7) is 2.17. The number of aromatic nitrogens is 1. The summed E-state index contributed by atoms with van der Waals surface area (Å²) in [5.41, 5.74) is 2.53. The molecule has 0 saturated heterocycles. The molecule has 1 heterocycles. The number of carbonyl (C=O) groups is 1. The first-order valence-electron chi connectivity index (χ1n) is 7.63. The fraction of sp³-hybridized carbons (Fsp3) is 0.100. The Bertz CT molecular complexity index is 850. The van der Waals surface area contributed by atoms with Crippen molar-refractivity contribution in [3.8, 4) is 17.2 Å². The van der Waals surface area contributed by atoms with E-state index >= 15 is 0 Å². The van der Waals surface area contributed by atoms with Crippen LogP contribution in [0.25, 0.3) is 17.5 Å². The molecule has 0 radical (unpaired) electrons. The van der Waals surface area contributed by atoms with Crippen molar-refractivity contribution >= 4 is 12.4 Å². The van der Waals surface area contributed by atoms with Gasteiger partial charge in [0.15, 0.2) is 0 Å². The van der Waals surface area contributed by atoms with Gasteiger partial charge in [-0.05, 0) is 37.3 Å². The van der Waals surface area contributed by atoms with Gasteiger partial charge in [0.05, 0.1) is 0 Å². The highest BCUT2D eigenvalue weighted by atomic mass is 16.5. The van der Waals surface area contributed by atoms with Crippen LogP contribution in [0.1, 0.15) is 17.0 Å². The van der Waals surface area contributed by atoms with Crippen LogP contribution in [0.5, 0.6) is 5.75 Å². The van der Waals surface area contributed by atoms with E-state index in [4.69, 9.17) is 9.15 Å². The summed E-state index contributed by atoms with van der Waals surface area (Å²) in [5.74, 6) is 2.01. The zero-order valence-electron chi connectivity index (χ0n) is 13.3. The smallest absolute Gasteiger partial charge is 0.226 e. The number of aryl methyl sites for hydroxylation is 1. The topological polar surface area (TPSA) is 52.3 Å². The Morgan fingerprint density at radius 2 is 1.83 bits per heavy atom. The summed E-state index contributed by atoms with van der Waals surface area (Å²) < 4.78 is 11.6. The van der Waals surface area contributed by atoms with Gasteiger partial charge in [0, 0.05) is 11.1 Å². The number of oxazole rings is 1. The van der Waals surface area contributed by atoms with E-state index in [9.17, 15) is 4.79 Å². The minimum Gasteiger partial charge on any atom is -0.487 e. The second-order valence-electron chi connectivity index (χ2n) is 5.21. The third-order valence-electron chi connectivity index (χ3n) is 3.55. The average molecular weight is 319 g/mol. The van der Waals surface area contributed by atoms with Crippen molar-refractivity contribution in [2.45, 2.75) is 13.5 Å². The Labute approximate surface area is 140 Å². The molecule has 120 valence electrons. The molecule has 0 aliphatic heterocycles. The maximum absolute atomic E-state index is 10.5. The molecule has 0 aliphatic rings. The molecule has 1 aromatic heterocycles. The lowest BCUT2D eigenvalue weighted by atomic mass is 10.2. The number of hydrogen-bond donors (Lipinski definition) is 0. The maximum atomic E-state index is 10.5. The molecule has 0 fully saturated rings. The van der Waals surface area contributed by atoms with E-state index < -0.39 is 0 Å². The summed E-state index contributed by atoms with van der Waals surface area (Å²) in [4.78, 5) is 15.0. The lowest BCUT2D eigenvalue weighted by Crippen LogP contribution is -1.99. The molecule has 0 unspecified atom stereocenters. The standard InChI is InChI=1S/C20H17NO3/c1-15-18(21-20(24-15)17-9-3-2-4-10-17)14-23-19-12-6-5-8-16(19)11-7-13-22/h2-13H,14H2,1H3/b11-7+. The number of ether oxygens (including phenoxy) is 1. The van der Waals surface area contributed by atoms with E-state index in [1.807, 2.05) is 61.5 Å². The van der Waals surface area contributed by atoms with Crippen LogP contribution in [0.4, 0.5) is 0 Å². The van der Waals surface area contributed by atoms with Gasteiger partial charge in [-0.3, -0.25) is 4.79 Å². The van der Waals surface area contributed by atoms with Crippen LogP contribution in [0.3, 0.4) is 0 Å². The maximum Gasteiger partial charge on any atom is 0.226 e. The molecule has 24 heavy (non-hydrogen) atoms. The van der Waals surface area contributed by atoms with E-state index in [2.05, 4.69) is 4.98 Å². The van der Waals surface area contributed by atoms with Crippen molar-refractivity contribution in [2.24, 2.45) is 0 Å². The lowest BCUT2D eigenvalue weighted by Gasteiger charge is -2.07. The van der Waals surface area contributed by atoms with Crippen LogP contribution in [0.2, 0.25) is 0 Å². The Morgan fingerprint density at radius 3 is 2.62 bits per heavy atom. The predicted octanol–water partition coefficient (Wildman–Crippen LogP) is 4.44. The molecule has 3 aromatic rings. The van der Waals surface area contributed by atoms with Gasteiger partial charge in [0.1, 0.15) is 30.1 Å². The first-order valence-corrected chi connectivity index (χ1v) is 7.63. The van der Waals surface area contributed by atoms with Gasteiger partial charge in [-0.15, -0.1) is 0 Å². The van der Waals surface area contributed by atoms with Crippen molar-refractivity contribution in [3.05, 3.63) is 77.7 Å². The minimum absolute atomic E-state index is 0.300. The van der Waals surface area contributed by atoms with Crippen molar-refractivity contribution in [1.29, 1.82) is 0 Å². The highest BCUT2D eigenvalue weighted by Gasteiger charge is 2.12. The van der Waals surface area contributed by atoms with Crippen molar-refractivity contribution in [1.82, 2.24) is 4.98 Å². The van der Waals surface area contributed by atoms with Crippen LogP contribution in [-0.2, 0) is 11.4 Å². The first kappa shape index (κ1) is 15.7. The molecule has 4 heteroatoms. The number of para-hydroxylation sites is 1. The zero-order chi connectivity index (χ0) is 16.8. The number of carbonyl (C=O) groups excluding carboxylic acids is 1. The predicted molar refractivity (Wildman–Crippen MR) is 92.5 cm³/mol. The normalized spacial score (nSPS) is 10.9. The molecule has 0 aliphatic carbocycles. The number of rotatable bonds is 6. The Hall–Kier alpha value is -3.14. The van der Waals surface area contributed by atoms with E-state index in [0.717, 1.165) is 28.9 Å². The van der Waals surface area contributed by atoms with Gasteiger partial charge in [-0.2, -0.15) is 0 Å². The molecule has 0 atom stereocenters. The molecular weight excluding hydrogens is 302 g/mol. The first-order chi connectivity index (χ1) is 11.8. The summed E-state index contributed by atoms with van der Waals surface area (Å²) in [5, 5.41) is 0. The SMILES string of the molecule is Cc1oc(-c2ccccc2)nc1COc1ccccc1/C=C/C=O. The average Bonchev–Trinajstić information content (AvgIpc) is 3.00. The molecule has 2 aromatic carbocycles. The third-order valence-corrected chi connectivity index (χ3v) is 3.55. The number of hydrogen-bond acceptors (Lipinski definition) is 4. The summed E-state index contributed by atoms with van der Waals surface area (Å²) in [6, 6.07) is 17.3. The molecule has 3 rings (SSSR count). The van der Waals surface area contributed by atoms with E-state index in [1.165, 1.54) is 6.08 Å². The fourth-order valence-corrected chi connectivity index (χ4v) is 2.30. The summed E-state index contributed by atoms with van der Waals surface area (Å²) >= 11 is 0. The molecule has 0 N–H and O–H groups in total. The molecular formula is C20H17NO3. The molecule has 0 spiro atoms. The molecule has 0 amide bonds. The van der Waals surface area contributed by atoms with Crippen LogP contribution >= 0.6 is 0 Å². The van der Waals surface area contributed by atoms with Crippen LogP contribution < -0.4 is 4.74 Å². The second-order valence-corrected chi connectivity index (χ2v) is 5.21. The second kappa shape index (κ2) is 7.42. The van der Waals surface area contributed by atoms with E-state index in [0.29, 0.717) is 18.2 Å². The van der Waals surface area contributed by atoms with Gasteiger partial charge >= 0.3 is 0 Å². The Kier molecular flexibility index (Phi) is 4.87. The quantitative estimate of drug-likeness (QED) is 0.498. The number of benzene rings is 2. The van der Waals surface area contributed by atoms with Crippen molar-refractivity contribution < 1.29 is 13.9 Å². The highest BCUT2D eigenvalue weighted by Crippen LogP contribution is 2.24. The largest absolute Gasteiger partial charge is 0.487 e. The van der Waals surface area contributed by atoms with Gasteiger partial charge in [0.25, 0.3) is 0 Å². The van der Waals surface area contributed by atoms with Crippen molar-refractivity contribution in [3.63, 3.8) is 0 Å². The minimum atomic E-state index is 0.300. The fourth-order valence-electron chi connectivity index (χ4n) is 2.30. The number of allylic oxidation sites excluding steroid dienone is 1. The number of nitrogens with zero attached hydrogens (tertiary/aromatic N) is 1.